The van der Waals surface area contributed by atoms with Gasteiger partial charge in [0.15, 0.2) is 0 Å². The fourth-order valence-corrected chi connectivity index (χ4v) is 2.60. The summed E-state index contributed by atoms with van der Waals surface area (Å²) in [5.41, 5.74) is -0.0425. The Kier molecular flexibility index (Phi) is 8.92. The Balaban J connectivity index is 3.31. The number of esters is 1. The lowest BCUT2D eigenvalue weighted by Gasteiger charge is -2.11. The van der Waals surface area contributed by atoms with Crippen LogP contribution in [0.25, 0.3) is 0 Å². The predicted molar refractivity (Wildman–Crippen MR) is 104 cm³/mol. The first-order valence-electron chi connectivity index (χ1n) is 7.81. The first-order chi connectivity index (χ1) is 12.2. The summed E-state index contributed by atoms with van der Waals surface area (Å²) in [5.74, 6) is -1.50. The second kappa shape index (κ2) is 10.4. The van der Waals surface area contributed by atoms with Gasteiger partial charge in [0.25, 0.3) is 5.91 Å². The summed E-state index contributed by atoms with van der Waals surface area (Å²) in [5, 5.41) is 12.3. The lowest BCUT2D eigenvalue weighted by Crippen LogP contribution is -2.23. The highest BCUT2D eigenvalue weighted by atomic mass is 35.5. The molecule has 0 heterocycles. The minimum Gasteiger partial charge on any atom is -0.512 e. The van der Waals surface area contributed by atoms with E-state index in [9.17, 15) is 14.7 Å². The number of carbonyl (C=O) groups is 2. The van der Waals surface area contributed by atoms with E-state index in [-0.39, 0.29) is 44.3 Å². The van der Waals surface area contributed by atoms with Crippen LogP contribution < -0.4 is 5.32 Å². The molecule has 0 aliphatic rings. The topological polar surface area (TPSA) is 88.0 Å². The van der Waals surface area contributed by atoms with Gasteiger partial charge in [0.1, 0.15) is 11.3 Å². The van der Waals surface area contributed by atoms with Gasteiger partial charge in [-0.2, -0.15) is 0 Å². The third-order valence-corrected chi connectivity index (χ3v) is 4.25. The van der Waals surface area contributed by atoms with Gasteiger partial charge in [-0.3, -0.25) is 9.79 Å². The summed E-state index contributed by atoms with van der Waals surface area (Å²) in [6, 6.07) is 1.35. The molecule has 0 unspecified atom stereocenters. The Labute approximate surface area is 166 Å². The summed E-state index contributed by atoms with van der Waals surface area (Å²) in [7, 11) is 0. The van der Waals surface area contributed by atoms with Crippen LogP contribution in [0, 0.1) is 0 Å². The first kappa shape index (κ1) is 22.3. The van der Waals surface area contributed by atoms with Crippen LogP contribution in [-0.2, 0) is 9.53 Å². The van der Waals surface area contributed by atoms with Crippen molar-refractivity contribution < 1.29 is 19.4 Å². The molecule has 0 saturated heterocycles. The van der Waals surface area contributed by atoms with Crippen LogP contribution in [0.1, 0.15) is 37.6 Å². The Bertz CT molecular complexity index is 757. The maximum absolute atomic E-state index is 12.1. The fourth-order valence-electron chi connectivity index (χ4n) is 1.83. The average Bonchev–Trinajstić information content (AvgIpc) is 2.57. The van der Waals surface area contributed by atoms with Gasteiger partial charge < -0.3 is 15.2 Å². The maximum Gasteiger partial charge on any atom is 0.343 e. The number of benzene rings is 1. The van der Waals surface area contributed by atoms with E-state index in [2.05, 4.69) is 10.3 Å². The third-order valence-electron chi connectivity index (χ3n) is 3.08. The maximum atomic E-state index is 12.1. The van der Waals surface area contributed by atoms with Crippen molar-refractivity contribution in [1.29, 1.82) is 0 Å². The smallest absolute Gasteiger partial charge is 0.343 e. The number of allylic oxidation sites excluding steroid dienone is 1. The van der Waals surface area contributed by atoms with Gasteiger partial charge in [-0.05, 0) is 26.3 Å². The number of halogens is 3. The number of nitrogens with zero attached hydrogens (tertiary/aromatic N) is 1. The molecule has 26 heavy (non-hydrogen) atoms. The minimum atomic E-state index is -0.726. The molecule has 2 N–H and O–H groups in total. The molecule has 0 spiro atoms. The van der Waals surface area contributed by atoms with E-state index >= 15 is 0 Å². The molecule has 9 heteroatoms. The fraction of sp³-hybridized carbons (Fsp3) is 0.353. The monoisotopic (exact) mass is 420 g/mol. The molecule has 0 atom stereocenters. The van der Waals surface area contributed by atoms with Crippen molar-refractivity contribution in [1.82, 2.24) is 5.32 Å². The van der Waals surface area contributed by atoms with Crippen molar-refractivity contribution in [2.75, 3.05) is 13.2 Å². The summed E-state index contributed by atoms with van der Waals surface area (Å²) in [4.78, 5) is 28.2. The van der Waals surface area contributed by atoms with Crippen molar-refractivity contribution in [2.24, 2.45) is 4.99 Å². The number of amides is 1. The molecule has 0 radical (unpaired) electrons. The van der Waals surface area contributed by atoms with Crippen molar-refractivity contribution in [3.05, 3.63) is 38.0 Å². The lowest BCUT2D eigenvalue weighted by atomic mass is 10.1. The zero-order valence-electron chi connectivity index (χ0n) is 14.5. The molecule has 0 bridgehead atoms. The van der Waals surface area contributed by atoms with Crippen LogP contribution in [-0.4, -0.2) is 36.3 Å². The quantitative estimate of drug-likeness (QED) is 0.216. The molecule has 1 aromatic rings. The first-order valence-corrected chi connectivity index (χ1v) is 8.94. The Morgan fingerprint density at radius 2 is 1.92 bits per heavy atom. The Hall–Kier alpha value is -1.76. The molecule has 0 saturated carbocycles. The van der Waals surface area contributed by atoms with E-state index in [0.717, 1.165) is 6.21 Å². The SMILES string of the molecule is CCCOC(=O)C(C=Nc1cc(Cl)c(Cl)c(C(=O)NCC)c1Cl)=C(C)O. The number of carbonyl (C=O) groups excluding carboxylic acids is 2. The third kappa shape index (κ3) is 5.62. The van der Waals surface area contributed by atoms with E-state index in [1.165, 1.54) is 13.0 Å². The van der Waals surface area contributed by atoms with Crippen LogP contribution in [0.2, 0.25) is 15.1 Å². The number of aliphatic hydroxyl groups excluding tert-OH is 1. The zero-order chi connectivity index (χ0) is 19.9. The van der Waals surface area contributed by atoms with Crippen LogP contribution >= 0.6 is 34.8 Å². The number of hydrogen-bond acceptors (Lipinski definition) is 5. The molecule has 0 aromatic heterocycles. The van der Waals surface area contributed by atoms with E-state index < -0.39 is 11.9 Å². The van der Waals surface area contributed by atoms with Crippen LogP contribution in [0.15, 0.2) is 22.4 Å². The number of aliphatic imine (C=N–C) groups is 1. The Morgan fingerprint density at radius 1 is 1.27 bits per heavy atom. The van der Waals surface area contributed by atoms with Crippen molar-refractivity contribution in [3.8, 4) is 0 Å². The van der Waals surface area contributed by atoms with Crippen LogP contribution in [0.4, 0.5) is 5.69 Å². The van der Waals surface area contributed by atoms with E-state index in [4.69, 9.17) is 39.5 Å². The standard InChI is InChI=1S/C17H19Cl3N2O4/c1-4-6-26-17(25)10(9(3)23)8-22-12-7-11(18)14(19)13(15(12)20)16(24)21-5-2/h7-8,23H,4-6H2,1-3H3,(H,21,24). The zero-order valence-corrected chi connectivity index (χ0v) is 16.8. The molecule has 1 aromatic carbocycles. The van der Waals surface area contributed by atoms with E-state index in [1.807, 2.05) is 6.92 Å². The van der Waals surface area contributed by atoms with Gasteiger partial charge in [-0.1, -0.05) is 41.7 Å². The Morgan fingerprint density at radius 3 is 2.46 bits per heavy atom. The molecule has 0 fully saturated rings. The predicted octanol–water partition coefficient (Wildman–Crippen LogP) is 4.88. The number of hydrogen-bond donors (Lipinski definition) is 2. The molecular weight excluding hydrogens is 403 g/mol. The second-order valence-corrected chi connectivity index (χ2v) is 6.30. The molecule has 1 amide bonds. The van der Waals surface area contributed by atoms with Gasteiger partial charge in [-0.15, -0.1) is 0 Å². The van der Waals surface area contributed by atoms with Gasteiger partial charge in [-0.25, -0.2) is 4.79 Å². The average molecular weight is 422 g/mol. The summed E-state index contributed by atoms with van der Waals surface area (Å²) >= 11 is 18.3. The van der Waals surface area contributed by atoms with Crippen LogP contribution in [0.5, 0.6) is 0 Å². The lowest BCUT2D eigenvalue weighted by molar-refractivity contribution is -0.138. The summed E-state index contributed by atoms with van der Waals surface area (Å²) in [6.45, 7) is 5.49. The number of nitrogens with one attached hydrogen (secondary N) is 1. The van der Waals surface area contributed by atoms with E-state index in [1.54, 1.807) is 6.92 Å². The van der Waals surface area contributed by atoms with Gasteiger partial charge in [0.2, 0.25) is 0 Å². The highest BCUT2D eigenvalue weighted by molar-refractivity contribution is 6.47. The summed E-state index contributed by atoms with van der Waals surface area (Å²) < 4.78 is 4.98. The number of ether oxygens (including phenoxy) is 1. The highest BCUT2D eigenvalue weighted by Gasteiger charge is 2.21. The normalized spacial score (nSPS) is 12.1. The molecule has 0 aliphatic heterocycles. The minimum absolute atomic E-state index is 0.00183. The van der Waals surface area contributed by atoms with Crippen LogP contribution in [0.3, 0.4) is 0 Å². The highest BCUT2D eigenvalue weighted by Crippen LogP contribution is 2.38. The molecule has 1 rings (SSSR count). The van der Waals surface area contributed by atoms with Gasteiger partial charge in [0.05, 0.1) is 32.9 Å². The number of rotatable bonds is 7. The number of aliphatic hydroxyl groups is 1. The summed E-state index contributed by atoms with van der Waals surface area (Å²) in [6.07, 6.45) is 1.73. The molecular formula is C17H19Cl3N2O4. The van der Waals surface area contributed by atoms with Crippen molar-refractivity contribution in [2.45, 2.75) is 27.2 Å². The molecule has 0 aliphatic carbocycles. The second-order valence-electron chi connectivity index (χ2n) is 5.13. The van der Waals surface area contributed by atoms with Crippen molar-refractivity contribution in [3.63, 3.8) is 0 Å². The largest absolute Gasteiger partial charge is 0.512 e. The molecule has 142 valence electrons. The molecule has 6 nitrogen and oxygen atoms in total. The van der Waals surface area contributed by atoms with E-state index in [0.29, 0.717) is 13.0 Å². The van der Waals surface area contributed by atoms with Gasteiger partial charge >= 0.3 is 5.97 Å². The van der Waals surface area contributed by atoms with Gasteiger partial charge in [0, 0.05) is 12.8 Å². The van der Waals surface area contributed by atoms with Crippen molar-refractivity contribution >= 4 is 58.6 Å².